The van der Waals surface area contributed by atoms with Gasteiger partial charge in [-0.3, -0.25) is 4.79 Å². The maximum atomic E-state index is 14.4. The molecule has 0 saturated carbocycles. The molecule has 0 N–H and O–H groups in total. The number of benzene rings is 3. The summed E-state index contributed by atoms with van der Waals surface area (Å²) in [5.74, 6) is -0.595. The second-order valence-electron chi connectivity index (χ2n) is 10.2. The van der Waals surface area contributed by atoms with Crippen LogP contribution in [0.1, 0.15) is 54.7 Å². The molecule has 5 nitrogen and oxygen atoms in total. The molecular formula is C31H32F2N2O3. The van der Waals surface area contributed by atoms with Crippen molar-refractivity contribution in [2.24, 2.45) is 5.92 Å². The fraction of sp³-hybridized carbons (Fsp3) is 0.355. The van der Waals surface area contributed by atoms with Crippen molar-refractivity contribution in [1.29, 1.82) is 0 Å². The van der Waals surface area contributed by atoms with Crippen molar-refractivity contribution in [2.45, 2.75) is 44.6 Å². The lowest BCUT2D eigenvalue weighted by Gasteiger charge is -2.32. The zero-order chi connectivity index (χ0) is 26.5. The minimum Gasteiger partial charge on any atom is -0.445 e. The highest BCUT2D eigenvalue weighted by Crippen LogP contribution is 2.39. The molecule has 2 aliphatic rings. The van der Waals surface area contributed by atoms with E-state index in [-0.39, 0.29) is 42.1 Å². The van der Waals surface area contributed by atoms with Crippen LogP contribution >= 0.6 is 0 Å². The van der Waals surface area contributed by atoms with E-state index in [2.05, 4.69) is 0 Å². The van der Waals surface area contributed by atoms with E-state index >= 15 is 0 Å². The predicted octanol–water partition coefficient (Wildman–Crippen LogP) is 6.66. The molecule has 1 atom stereocenters. The van der Waals surface area contributed by atoms with E-state index in [0.29, 0.717) is 44.6 Å². The van der Waals surface area contributed by atoms with Gasteiger partial charge < -0.3 is 14.5 Å². The fourth-order valence-electron chi connectivity index (χ4n) is 5.56. The topological polar surface area (TPSA) is 49.9 Å². The first kappa shape index (κ1) is 25.9. The first-order valence-corrected chi connectivity index (χ1v) is 13.3. The predicted molar refractivity (Wildman–Crippen MR) is 142 cm³/mol. The van der Waals surface area contributed by atoms with E-state index < -0.39 is 0 Å². The standard InChI is InChI=1S/C31H32F2N2O3/c32-25-10-8-24(9-11-25)27-7-4-16-35(29-20-26(33)12-13-28(27)29)30(36)19-22-14-17-34(18-15-22)31(37)38-21-23-5-2-1-3-6-23/h1-3,5-6,8-13,20,22,27H,4,7,14-19,21H2/t27-/m0/s1. The van der Waals surface area contributed by atoms with Gasteiger partial charge in [0.25, 0.3) is 0 Å². The van der Waals surface area contributed by atoms with Crippen LogP contribution in [0, 0.1) is 17.6 Å². The quantitative estimate of drug-likeness (QED) is 0.379. The van der Waals surface area contributed by atoms with Gasteiger partial charge in [0.15, 0.2) is 0 Å². The largest absolute Gasteiger partial charge is 0.445 e. The Kier molecular flexibility index (Phi) is 8.01. The molecule has 0 unspecified atom stereocenters. The van der Waals surface area contributed by atoms with Crippen molar-refractivity contribution in [3.8, 4) is 0 Å². The van der Waals surface area contributed by atoms with Gasteiger partial charge >= 0.3 is 6.09 Å². The van der Waals surface area contributed by atoms with Crippen LogP contribution in [-0.2, 0) is 16.1 Å². The van der Waals surface area contributed by atoms with Crippen LogP contribution in [0.25, 0.3) is 0 Å². The average Bonchev–Trinajstić information content (AvgIpc) is 3.12. The first-order valence-electron chi connectivity index (χ1n) is 13.3. The van der Waals surface area contributed by atoms with Gasteiger partial charge in [-0.1, -0.05) is 48.5 Å². The van der Waals surface area contributed by atoms with Crippen LogP contribution < -0.4 is 4.90 Å². The number of hydrogen-bond donors (Lipinski definition) is 0. The average molecular weight is 519 g/mol. The van der Waals surface area contributed by atoms with Crippen LogP contribution in [0.4, 0.5) is 19.3 Å². The number of piperidine rings is 1. The molecule has 0 aromatic heterocycles. The molecular weight excluding hydrogens is 486 g/mol. The summed E-state index contributed by atoms with van der Waals surface area (Å²) in [6, 6.07) is 20.6. The monoisotopic (exact) mass is 518 g/mol. The van der Waals surface area contributed by atoms with E-state index in [0.717, 1.165) is 29.5 Å². The van der Waals surface area contributed by atoms with Crippen LogP contribution in [-0.4, -0.2) is 36.5 Å². The minimum atomic E-state index is -0.386. The van der Waals surface area contributed by atoms with E-state index in [9.17, 15) is 18.4 Å². The van der Waals surface area contributed by atoms with Crippen molar-refractivity contribution in [2.75, 3.05) is 24.5 Å². The van der Waals surface area contributed by atoms with Crippen molar-refractivity contribution in [1.82, 2.24) is 4.90 Å². The highest BCUT2D eigenvalue weighted by Gasteiger charge is 2.31. The van der Waals surface area contributed by atoms with Crippen molar-refractivity contribution in [3.63, 3.8) is 0 Å². The molecule has 38 heavy (non-hydrogen) atoms. The fourth-order valence-corrected chi connectivity index (χ4v) is 5.56. The minimum absolute atomic E-state index is 0.0262. The van der Waals surface area contributed by atoms with E-state index in [1.54, 1.807) is 28.0 Å². The molecule has 2 heterocycles. The summed E-state index contributed by atoms with van der Waals surface area (Å²) in [7, 11) is 0. The Hall–Kier alpha value is -3.74. The Balaban J connectivity index is 1.21. The number of likely N-dealkylation sites (tertiary alicyclic amines) is 1. The number of nitrogens with zero attached hydrogens (tertiary/aromatic N) is 2. The molecule has 0 radical (unpaired) electrons. The summed E-state index contributed by atoms with van der Waals surface area (Å²) in [6.07, 6.45) is 3.00. The Labute approximate surface area is 222 Å². The summed E-state index contributed by atoms with van der Waals surface area (Å²) in [5, 5.41) is 0. The number of hydrogen-bond acceptors (Lipinski definition) is 3. The third-order valence-electron chi connectivity index (χ3n) is 7.65. The van der Waals surface area contributed by atoms with Crippen LogP contribution in [0.2, 0.25) is 0 Å². The molecule has 1 saturated heterocycles. The van der Waals surface area contributed by atoms with Gasteiger partial charge in [0, 0.05) is 32.0 Å². The number of carbonyl (C=O) groups excluding carboxylic acids is 2. The molecule has 7 heteroatoms. The van der Waals surface area contributed by atoms with Gasteiger partial charge in [0.2, 0.25) is 5.91 Å². The molecule has 0 aliphatic carbocycles. The van der Waals surface area contributed by atoms with E-state index in [1.165, 1.54) is 24.3 Å². The Morgan fingerprint density at radius 2 is 1.55 bits per heavy atom. The number of carbonyl (C=O) groups is 2. The molecule has 0 spiro atoms. The molecule has 3 aromatic carbocycles. The van der Waals surface area contributed by atoms with Crippen LogP contribution in [0.15, 0.2) is 72.8 Å². The van der Waals surface area contributed by atoms with Gasteiger partial charge in [-0.15, -0.1) is 0 Å². The lowest BCUT2D eigenvalue weighted by molar-refractivity contribution is -0.119. The molecule has 198 valence electrons. The van der Waals surface area contributed by atoms with Crippen molar-refractivity contribution < 1.29 is 23.1 Å². The second-order valence-corrected chi connectivity index (χ2v) is 10.2. The summed E-state index contributed by atoms with van der Waals surface area (Å²) in [6.45, 7) is 1.84. The van der Waals surface area contributed by atoms with Crippen molar-refractivity contribution >= 4 is 17.7 Å². The molecule has 3 aromatic rings. The Morgan fingerprint density at radius 3 is 2.29 bits per heavy atom. The number of anilines is 1. The molecule has 2 amide bonds. The number of halogens is 2. The first-order chi connectivity index (χ1) is 18.5. The summed E-state index contributed by atoms with van der Waals surface area (Å²) in [4.78, 5) is 29.4. The second kappa shape index (κ2) is 11.8. The number of rotatable bonds is 5. The van der Waals surface area contributed by atoms with E-state index in [1.807, 2.05) is 30.3 Å². The molecule has 2 aliphatic heterocycles. The lowest BCUT2D eigenvalue weighted by Crippen LogP contribution is -2.40. The van der Waals surface area contributed by atoms with Gasteiger partial charge in [-0.05, 0) is 72.6 Å². The molecule has 0 bridgehead atoms. The van der Waals surface area contributed by atoms with Gasteiger partial charge in [0.05, 0.1) is 5.69 Å². The third-order valence-corrected chi connectivity index (χ3v) is 7.65. The maximum absolute atomic E-state index is 14.4. The van der Waals surface area contributed by atoms with Crippen LogP contribution in [0.5, 0.6) is 0 Å². The Morgan fingerprint density at radius 1 is 0.842 bits per heavy atom. The Bertz CT molecular complexity index is 1260. The highest BCUT2D eigenvalue weighted by atomic mass is 19.1. The van der Waals surface area contributed by atoms with Crippen LogP contribution in [0.3, 0.4) is 0 Å². The summed E-state index contributed by atoms with van der Waals surface area (Å²) >= 11 is 0. The van der Waals surface area contributed by atoms with Gasteiger partial charge in [-0.25, -0.2) is 13.6 Å². The molecule has 5 rings (SSSR count). The zero-order valence-electron chi connectivity index (χ0n) is 21.3. The lowest BCUT2D eigenvalue weighted by atomic mass is 9.87. The third kappa shape index (κ3) is 6.04. The highest BCUT2D eigenvalue weighted by molar-refractivity contribution is 5.94. The number of amides is 2. The van der Waals surface area contributed by atoms with Gasteiger partial charge in [-0.2, -0.15) is 0 Å². The van der Waals surface area contributed by atoms with E-state index in [4.69, 9.17) is 4.74 Å². The van der Waals surface area contributed by atoms with Gasteiger partial charge in [0.1, 0.15) is 18.2 Å². The zero-order valence-corrected chi connectivity index (χ0v) is 21.3. The summed E-state index contributed by atoms with van der Waals surface area (Å²) in [5.41, 5.74) is 3.39. The maximum Gasteiger partial charge on any atom is 0.410 e. The smallest absolute Gasteiger partial charge is 0.410 e. The number of ether oxygens (including phenoxy) is 1. The van der Waals surface area contributed by atoms with Crippen molar-refractivity contribution in [3.05, 3.63) is 101 Å². The molecule has 1 fully saturated rings. The number of fused-ring (bicyclic) bond motifs is 1. The SMILES string of the molecule is O=C(OCc1ccccc1)N1CCC(CC(=O)N2CCC[C@@H](c3ccc(F)cc3)c3ccc(F)cc32)CC1. The normalized spacial score (nSPS) is 18.0. The summed E-state index contributed by atoms with van der Waals surface area (Å²) < 4.78 is 33.3.